The number of aliphatic hydroxyl groups excluding tert-OH is 3. The fourth-order valence-corrected chi connectivity index (χ4v) is 7.47. The number of fused-ring (bicyclic) bond motifs is 2. The molecule has 8 nitrogen and oxygen atoms in total. The van der Waals surface area contributed by atoms with E-state index in [0.29, 0.717) is 44.9 Å². The van der Waals surface area contributed by atoms with E-state index >= 15 is 0 Å². The monoisotopic (exact) mass is 713 g/mol. The van der Waals surface area contributed by atoms with Crippen LogP contribution in [0.25, 0.3) is 0 Å². The Morgan fingerprint density at radius 2 is 1.79 bits per heavy atom. The third-order valence-corrected chi connectivity index (χ3v) is 10.4. The molecule has 0 saturated carbocycles. The van der Waals surface area contributed by atoms with Gasteiger partial charge in [-0.25, -0.2) is 0 Å². The molecular formula is C44H59NO7. The maximum atomic E-state index is 12.6. The summed E-state index contributed by atoms with van der Waals surface area (Å²) in [5.41, 5.74) is 3.53. The van der Waals surface area contributed by atoms with Crippen LogP contribution in [0.15, 0.2) is 84.0 Å². The molecule has 2 aromatic rings. The van der Waals surface area contributed by atoms with Crippen LogP contribution in [0.4, 0.5) is 0 Å². The minimum Gasteiger partial charge on any atom is -0.508 e. The van der Waals surface area contributed by atoms with Crippen molar-refractivity contribution in [3.8, 4) is 17.6 Å². The number of aromatic hydroxyl groups is 1. The van der Waals surface area contributed by atoms with Crippen molar-refractivity contribution in [3.05, 3.63) is 101 Å². The van der Waals surface area contributed by atoms with Gasteiger partial charge >= 0.3 is 5.97 Å². The molecule has 6 unspecified atom stereocenters. The number of phenols is 1. The van der Waals surface area contributed by atoms with E-state index in [2.05, 4.69) is 36.2 Å². The minimum atomic E-state index is -1.25. The molecule has 8 heteroatoms. The normalized spacial score (nSPS) is 23.1. The summed E-state index contributed by atoms with van der Waals surface area (Å²) in [5.74, 6) is 5.94. The number of carboxylic acids is 1. The highest BCUT2D eigenvalue weighted by Gasteiger charge is 2.43. The lowest BCUT2D eigenvalue weighted by atomic mass is 9.73. The third-order valence-electron chi connectivity index (χ3n) is 10.4. The van der Waals surface area contributed by atoms with Gasteiger partial charge in [0.25, 0.3) is 0 Å². The average Bonchev–Trinajstić information content (AvgIpc) is 3.12. The van der Waals surface area contributed by atoms with Crippen LogP contribution in [0.2, 0.25) is 0 Å². The van der Waals surface area contributed by atoms with Crippen LogP contribution in [0.5, 0.6) is 5.75 Å². The van der Waals surface area contributed by atoms with Gasteiger partial charge in [0, 0.05) is 24.4 Å². The summed E-state index contributed by atoms with van der Waals surface area (Å²) in [6.45, 7) is 1.73. The molecule has 0 radical (unpaired) electrons. The van der Waals surface area contributed by atoms with Crippen LogP contribution in [-0.2, 0) is 17.6 Å². The van der Waals surface area contributed by atoms with Crippen molar-refractivity contribution >= 4 is 5.97 Å². The van der Waals surface area contributed by atoms with E-state index in [9.17, 15) is 30.3 Å². The number of rotatable bonds is 18. The molecule has 2 aliphatic rings. The molecule has 0 bridgehead atoms. The number of allylic oxidation sites excluding steroid dienone is 2. The Morgan fingerprint density at radius 1 is 1.02 bits per heavy atom. The minimum absolute atomic E-state index is 0.131. The van der Waals surface area contributed by atoms with Gasteiger partial charge in [-0.15, -0.1) is 0 Å². The van der Waals surface area contributed by atoms with Crippen LogP contribution >= 0.6 is 0 Å². The molecule has 52 heavy (non-hydrogen) atoms. The van der Waals surface area contributed by atoms with Crippen LogP contribution < -0.4 is 5.32 Å². The lowest BCUT2D eigenvalue weighted by molar-refractivity contribution is -0.137. The summed E-state index contributed by atoms with van der Waals surface area (Å²) >= 11 is 0. The Balaban J connectivity index is 1.84. The number of nitrogens with one attached hydrogen (secondary N) is 1. The van der Waals surface area contributed by atoms with Gasteiger partial charge in [-0.05, 0) is 85.4 Å². The molecule has 0 fully saturated rings. The number of unbranched alkanes of at least 4 members (excludes halogenated alkanes) is 5. The van der Waals surface area contributed by atoms with Gasteiger partial charge < -0.3 is 36.0 Å². The summed E-state index contributed by atoms with van der Waals surface area (Å²) in [6.07, 6.45) is 15.9. The Morgan fingerprint density at radius 3 is 2.54 bits per heavy atom. The Bertz CT molecular complexity index is 1570. The number of aliphatic carboxylic acids is 1. The molecule has 4 rings (SSSR count). The van der Waals surface area contributed by atoms with Crippen molar-refractivity contribution in [1.29, 1.82) is 0 Å². The molecule has 0 saturated heterocycles. The number of aryl methyl sites for hydroxylation is 1. The average molecular weight is 714 g/mol. The van der Waals surface area contributed by atoms with Crippen molar-refractivity contribution < 1.29 is 35.4 Å². The topological polar surface area (TPSA) is 150 Å². The van der Waals surface area contributed by atoms with Crippen molar-refractivity contribution in [2.45, 2.75) is 133 Å². The Hall–Kier alpha value is -3.71. The summed E-state index contributed by atoms with van der Waals surface area (Å²) in [5, 5.41) is 67.7. The molecular weight excluding hydrogens is 654 g/mol. The molecule has 6 atom stereocenters. The molecule has 1 heterocycles. The maximum absolute atomic E-state index is 12.6. The number of carbonyl (C=O) groups is 1. The smallest absolute Gasteiger partial charge is 0.303 e. The number of hydrogen-bond donors (Lipinski definition) is 7. The van der Waals surface area contributed by atoms with Crippen LogP contribution in [-0.4, -0.2) is 73.1 Å². The highest BCUT2D eigenvalue weighted by Crippen LogP contribution is 2.35. The SMILES string of the molecule is CCCCCC(O)C=CC1=C(CC(O)CO)C(CCCCCCC(=O)O)NC2C(C#Cc3ccccc3CC1)C=CCC2(O)Cc1ccc(O)cc1. The van der Waals surface area contributed by atoms with E-state index in [1.807, 2.05) is 48.6 Å². The zero-order valence-electron chi connectivity index (χ0n) is 30.7. The number of carboxylic acid groups (broad SMARTS) is 1. The molecule has 0 spiro atoms. The predicted molar refractivity (Wildman–Crippen MR) is 206 cm³/mol. The molecule has 1 aliphatic carbocycles. The molecule has 7 N–H and O–H groups in total. The van der Waals surface area contributed by atoms with Gasteiger partial charge in [0.2, 0.25) is 0 Å². The first-order valence-corrected chi connectivity index (χ1v) is 19.2. The number of benzene rings is 2. The van der Waals surface area contributed by atoms with Gasteiger partial charge in [0.1, 0.15) is 5.75 Å². The van der Waals surface area contributed by atoms with Gasteiger partial charge in [0.15, 0.2) is 0 Å². The quantitative estimate of drug-likeness (QED) is 0.0524. The Labute approximate surface area is 310 Å². The van der Waals surface area contributed by atoms with E-state index in [-0.39, 0.29) is 30.6 Å². The summed E-state index contributed by atoms with van der Waals surface area (Å²) in [6, 6.07) is 14.1. The van der Waals surface area contributed by atoms with Crippen molar-refractivity contribution in [2.24, 2.45) is 5.92 Å². The van der Waals surface area contributed by atoms with E-state index in [0.717, 1.165) is 66.4 Å². The second kappa shape index (κ2) is 21.1. The van der Waals surface area contributed by atoms with E-state index in [1.54, 1.807) is 12.1 Å². The lowest BCUT2D eigenvalue weighted by Crippen LogP contribution is -2.59. The first-order chi connectivity index (χ1) is 25.1. The summed E-state index contributed by atoms with van der Waals surface area (Å²) in [7, 11) is 0. The van der Waals surface area contributed by atoms with Crippen LogP contribution in [0, 0.1) is 17.8 Å². The predicted octanol–water partition coefficient (Wildman–Crippen LogP) is 6.53. The second-order valence-corrected chi connectivity index (χ2v) is 14.6. The highest BCUT2D eigenvalue weighted by atomic mass is 16.4. The molecule has 0 aromatic heterocycles. The number of aliphatic hydroxyl groups is 4. The Kier molecular flexibility index (Phi) is 16.7. The zero-order valence-corrected chi connectivity index (χ0v) is 30.7. The molecule has 282 valence electrons. The number of hydrogen-bond acceptors (Lipinski definition) is 7. The zero-order chi connectivity index (χ0) is 37.3. The number of phenolic OH excluding ortho intramolecular Hbond substituents is 1. The van der Waals surface area contributed by atoms with Crippen molar-refractivity contribution in [1.82, 2.24) is 5.32 Å². The van der Waals surface area contributed by atoms with Crippen molar-refractivity contribution in [2.75, 3.05) is 6.61 Å². The summed E-state index contributed by atoms with van der Waals surface area (Å²) in [4.78, 5) is 11.1. The van der Waals surface area contributed by atoms with Crippen LogP contribution in [0.1, 0.15) is 107 Å². The molecule has 2 aromatic carbocycles. The van der Waals surface area contributed by atoms with Crippen LogP contribution in [0.3, 0.4) is 0 Å². The van der Waals surface area contributed by atoms with Gasteiger partial charge in [-0.2, -0.15) is 0 Å². The first kappa shape index (κ1) is 41.1. The second-order valence-electron chi connectivity index (χ2n) is 14.6. The summed E-state index contributed by atoms with van der Waals surface area (Å²) < 4.78 is 0. The van der Waals surface area contributed by atoms with E-state index in [4.69, 9.17) is 5.11 Å². The fraction of sp³-hybridized carbons (Fsp3) is 0.523. The van der Waals surface area contributed by atoms with Gasteiger partial charge in [-0.3, -0.25) is 4.79 Å². The van der Waals surface area contributed by atoms with Gasteiger partial charge in [0.05, 0.1) is 36.4 Å². The standard InChI is InChI=1S/C44H59NO7/c1-2-3-6-15-37(47)27-24-35-22-20-33-12-9-10-13-34(33)21-23-36-14-11-28-44(52,30-32-18-25-38(48)26-19-32)43(36)45-41(40(35)29-39(49)31-46)16-7-4-5-8-17-42(50)51/h9-14,18-19,24-27,36-37,39,41,43,45-49,52H,2-8,15-17,20,22,28-31H2,1H3,(H,50,51). The molecule has 1 aliphatic heterocycles. The van der Waals surface area contributed by atoms with Gasteiger partial charge in [-0.1, -0.05) is 112 Å². The van der Waals surface area contributed by atoms with Crippen molar-refractivity contribution in [3.63, 3.8) is 0 Å². The maximum Gasteiger partial charge on any atom is 0.303 e. The first-order valence-electron chi connectivity index (χ1n) is 19.2. The largest absolute Gasteiger partial charge is 0.508 e. The van der Waals surface area contributed by atoms with E-state index < -0.39 is 36.4 Å². The lowest BCUT2D eigenvalue weighted by Gasteiger charge is -2.44. The third kappa shape index (κ3) is 12.8. The highest BCUT2D eigenvalue weighted by molar-refractivity contribution is 5.66. The fourth-order valence-electron chi connectivity index (χ4n) is 7.47. The van der Waals surface area contributed by atoms with E-state index in [1.165, 1.54) is 0 Å². The molecule has 0 amide bonds.